The number of alkyl halides is 2. The van der Waals surface area contributed by atoms with Crippen molar-refractivity contribution in [2.24, 2.45) is 0 Å². The van der Waals surface area contributed by atoms with Crippen molar-refractivity contribution < 1.29 is 53.6 Å². The third kappa shape index (κ3) is 3.21. The van der Waals surface area contributed by atoms with Gasteiger partial charge in [0.1, 0.15) is 62.7 Å². The Morgan fingerprint density at radius 3 is 1.96 bits per heavy atom. The topological polar surface area (TPSA) is 149 Å². The van der Waals surface area contributed by atoms with E-state index in [0.29, 0.717) is 0 Å². The van der Waals surface area contributed by atoms with Gasteiger partial charge in [-0.1, -0.05) is 0 Å². The fourth-order valence-electron chi connectivity index (χ4n) is 2.59. The molecule has 11 heteroatoms. The van der Waals surface area contributed by atoms with E-state index >= 15 is 0 Å². The summed E-state index contributed by atoms with van der Waals surface area (Å²) in [6.45, 7) is -3.45. The summed E-state index contributed by atoms with van der Waals surface area (Å²) in [5, 5.41) is 58.0. The van der Waals surface area contributed by atoms with Crippen LogP contribution in [0.3, 0.4) is 0 Å². The maximum absolute atomic E-state index is 12.8. The first-order valence-electron chi connectivity index (χ1n) is 6.95. The van der Waals surface area contributed by atoms with E-state index in [1.807, 2.05) is 0 Å². The highest BCUT2D eigenvalue weighted by Crippen LogP contribution is 2.36. The van der Waals surface area contributed by atoms with Crippen LogP contribution in [0.25, 0.3) is 0 Å². The van der Waals surface area contributed by atoms with Crippen molar-refractivity contribution in [3.8, 4) is 0 Å². The van der Waals surface area contributed by atoms with Gasteiger partial charge in [-0.15, -0.1) is 0 Å². The molecule has 0 aliphatic carbocycles. The maximum atomic E-state index is 12.8. The Hall–Kier alpha value is -0.500. The largest absolute Gasteiger partial charge is 0.391 e. The molecule has 0 aromatic carbocycles. The number of aliphatic hydroxyl groups excluding tert-OH is 6. The lowest BCUT2D eigenvalue weighted by Gasteiger charge is -2.43. The van der Waals surface area contributed by atoms with E-state index < -0.39 is 74.8 Å². The molecule has 6 N–H and O–H groups in total. The Morgan fingerprint density at radius 1 is 0.870 bits per heavy atom. The average Bonchev–Trinajstić information content (AvgIpc) is 2.80. The Kier molecular flexibility index (Phi) is 5.87. The molecule has 2 aliphatic heterocycles. The van der Waals surface area contributed by atoms with Gasteiger partial charge in [-0.25, -0.2) is 8.78 Å². The standard InChI is InChI=1S/C12H20F2O9/c13-1-4-6(16)8(18)9(19)11(21-4)23-12(3-15)10(20)7(17)5(2-14)22-12/h4-11,15-20H,1-3H2/t4-,5-,6-,7-,8+,9-,10+,11-,12+/m1/s1. The minimum Gasteiger partial charge on any atom is -0.391 e. The highest BCUT2D eigenvalue weighted by atomic mass is 19.1. The third-order valence-electron chi connectivity index (χ3n) is 4.01. The van der Waals surface area contributed by atoms with Gasteiger partial charge in [0.05, 0.1) is 0 Å². The van der Waals surface area contributed by atoms with Crippen LogP contribution in [0.4, 0.5) is 8.78 Å². The van der Waals surface area contributed by atoms with Crippen LogP contribution >= 0.6 is 0 Å². The third-order valence-corrected chi connectivity index (χ3v) is 4.01. The molecule has 0 unspecified atom stereocenters. The quantitative estimate of drug-likeness (QED) is 0.299. The molecule has 0 radical (unpaired) electrons. The monoisotopic (exact) mass is 346 g/mol. The van der Waals surface area contributed by atoms with Crippen molar-refractivity contribution in [1.82, 2.24) is 0 Å². The van der Waals surface area contributed by atoms with Crippen LogP contribution < -0.4 is 0 Å². The Labute approximate surface area is 129 Å². The smallest absolute Gasteiger partial charge is 0.224 e. The number of halogens is 2. The number of hydrogen-bond donors (Lipinski definition) is 6. The first-order valence-corrected chi connectivity index (χ1v) is 6.95. The van der Waals surface area contributed by atoms with Crippen molar-refractivity contribution in [2.75, 3.05) is 20.0 Å². The fourth-order valence-corrected chi connectivity index (χ4v) is 2.59. The van der Waals surface area contributed by atoms with Crippen LogP contribution in [0, 0.1) is 0 Å². The summed E-state index contributed by atoms with van der Waals surface area (Å²) in [6.07, 6.45) is -13.9. The highest BCUT2D eigenvalue weighted by molar-refractivity contribution is 4.98. The molecule has 9 atom stereocenters. The molecule has 2 fully saturated rings. The Bertz CT molecular complexity index is 401. The Balaban J connectivity index is 2.18. The van der Waals surface area contributed by atoms with Crippen molar-refractivity contribution >= 4 is 0 Å². The van der Waals surface area contributed by atoms with Crippen molar-refractivity contribution in [1.29, 1.82) is 0 Å². The number of rotatable bonds is 5. The van der Waals surface area contributed by atoms with Gasteiger partial charge < -0.3 is 44.8 Å². The van der Waals surface area contributed by atoms with E-state index in [-0.39, 0.29) is 0 Å². The molecule has 136 valence electrons. The summed E-state index contributed by atoms with van der Waals surface area (Å²) in [7, 11) is 0. The van der Waals surface area contributed by atoms with Crippen molar-refractivity contribution in [2.45, 2.75) is 54.8 Å². The van der Waals surface area contributed by atoms with E-state index in [1.54, 1.807) is 0 Å². The van der Waals surface area contributed by atoms with Crippen molar-refractivity contribution in [3.05, 3.63) is 0 Å². The van der Waals surface area contributed by atoms with Gasteiger partial charge in [0.25, 0.3) is 0 Å². The Morgan fingerprint density at radius 2 is 1.48 bits per heavy atom. The molecule has 0 saturated carbocycles. The lowest BCUT2D eigenvalue weighted by Crippen LogP contribution is -2.62. The van der Waals surface area contributed by atoms with Crippen LogP contribution in [-0.4, -0.2) is 105 Å². The molecule has 23 heavy (non-hydrogen) atoms. The van der Waals surface area contributed by atoms with Crippen LogP contribution in [-0.2, 0) is 14.2 Å². The molecular weight excluding hydrogens is 326 g/mol. The summed E-state index contributed by atoms with van der Waals surface area (Å²) in [4.78, 5) is 0. The molecule has 2 saturated heterocycles. The van der Waals surface area contributed by atoms with Gasteiger partial charge in [-0.3, -0.25) is 0 Å². The molecule has 2 aliphatic rings. The lowest BCUT2D eigenvalue weighted by atomic mass is 9.99. The summed E-state index contributed by atoms with van der Waals surface area (Å²) < 4.78 is 40.6. The molecule has 0 bridgehead atoms. The van der Waals surface area contributed by atoms with Crippen LogP contribution in [0.5, 0.6) is 0 Å². The molecule has 2 heterocycles. The predicted octanol–water partition coefficient (Wildman–Crippen LogP) is -3.44. The SMILES string of the molecule is OC[C@@]1(O[C@H]2O[C@H](CF)[C@@H](O)[C@H](O)[C@H]2O)O[C@H](CF)[C@@H](O)[C@@H]1O. The summed E-state index contributed by atoms with van der Waals surface area (Å²) in [5.74, 6) is -2.34. The maximum Gasteiger partial charge on any atom is 0.224 e. The zero-order valence-corrected chi connectivity index (χ0v) is 11.9. The second-order valence-corrected chi connectivity index (χ2v) is 5.50. The minimum atomic E-state index is -2.34. The number of hydrogen-bond acceptors (Lipinski definition) is 9. The fraction of sp³-hybridized carbons (Fsp3) is 1.00. The van der Waals surface area contributed by atoms with Gasteiger partial charge in [0.2, 0.25) is 5.79 Å². The van der Waals surface area contributed by atoms with Gasteiger partial charge >= 0.3 is 0 Å². The minimum absolute atomic E-state index is 1.05. The van der Waals surface area contributed by atoms with E-state index in [1.165, 1.54) is 0 Å². The molecule has 0 aromatic rings. The van der Waals surface area contributed by atoms with Gasteiger partial charge in [0.15, 0.2) is 6.29 Å². The summed E-state index contributed by atoms with van der Waals surface area (Å²) in [6, 6.07) is 0. The normalized spacial score (nSPS) is 51.1. The average molecular weight is 346 g/mol. The first kappa shape index (κ1) is 18.8. The lowest BCUT2D eigenvalue weighted by molar-refractivity contribution is -0.382. The van der Waals surface area contributed by atoms with E-state index in [9.17, 15) is 39.4 Å². The van der Waals surface area contributed by atoms with E-state index in [2.05, 4.69) is 0 Å². The highest BCUT2D eigenvalue weighted by Gasteiger charge is 2.58. The van der Waals surface area contributed by atoms with Gasteiger partial charge in [-0.05, 0) is 0 Å². The van der Waals surface area contributed by atoms with Gasteiger partial charge in [0, 0.05) is 0 Å². The molecule has 0 amide bonds. The predicted molar refractivity (Wildman–Crippen MR) is 66.4 cm³/mol. The van der Waals surface area contributed by atoms with E-state index in [0.717, 1.165) is 0 Å². The zero-order valence-electron chi connectivity index (χ0n) is 11.9. The number of aliphatic hydroxyl groups is 6. The molecule has 2 rings (SSSR count). The van der Waals surface area contributed by atoms with E-state index in [4.69, 9.17) is 14.2 Å². The number of ether oxygens (including phenoxy) is 3. The van der Waals surface area contributed by atoms with Crippen LogP contribution in [0.2, 0.25) is 0 Å². The molecule has 9 nitrogen and oxygen atoms in total. The second kappa shape index (κ2) is 7.17. The van der Waals surface area contributed by atoms with Crippen molar-refractivity contribution in [3.63, 3.8) is 0 Å². The zero-order chi connectivity index (χ0) is 17.4. The van der Waals surface area contributed by atoms with Crippen LogP contribution in [0.1, 0.15) is 0 Å². The summed E-state index contributed by atoms with van der Waals surface area (Å²) in [5.41, 5.74) is 0. The van der Waals surface area contributed by atoms with Crippen LogP contribution in [0.15, 0.2) is 0 Å². The van der Waals surface area contributed by atoms with Gasteiger partial charge in [-0.2, -0.15) is 0 Å². The first-order chi connectivity index (χ1) is 10.8. The molecule has 0 spiro atoms. The second-order valence-electron chi connectivity index (χ2n) is 5.50. The summed E-state index contributed by atoms with van der Waals surface area (Å²) >= 11 is 0. The molecule has 0 aromatic heterocycles. The molecular formula is C12H20F2O9.